The lowest BCUT2D eigenvalue weighted by atomic mass is 10.2. The van der Waals surface area contributed by atoms with Gasteiger partial charge in [-0.3, -0.25) is 14.6 Å². The number of nitrogens with one attached hydrogen (secondary N) is 1. The van der Waals surface area contributed by atoms with Crippen LogP contribution in [0.3, 0.4) is 0 Å². The Morgan fingerprint density at radius 1 is 1.16 bits per heavy atom. The van der Waals surface area contributed by atoms with Gasteiger partial charge in [0.15, 0.2) is 0 Å². The van der Waals surface area contributed by atoms with Crippen molar-refractivity contribution < 1.29 is 13.9 Å². The molecule has 0 spiro atoms. The first kappa shape index (κ1) is 21.3. The average molecular weight is 434 g/mol. The van der Waals surface area contributed by atoms with E-state index in [9.17, 15) is 9.18 Å². The average Bonchev–Trinajstić information content (AvgIpc) is 3.27. The van der Waals surface area contributed by atoms with Gasteiger partial charge in [-0.05, 0) is 39.0 Å². The van der Waals surface area contributed by atoms with Crippen molar-refractivity contribution in [3.8, 4) is 17.7 Å². The Bertz CT molecular complexity index is 1180. The van der Waals surface area contributed by atoms with Gasteiger partial charge in [0.2, 0.25) is 5.88 Å². The van der Waals surface area contributed by atoms with Gasteiger partial charge < -0.3 is 10.1 Å². The number of urea groups is 1. The number of ether oxygens (including phenoxy) is 1. The highest BCUT2D eigenvalue weighted by atomic mass is 19.1. The van der Waals surface area contributed by atoms with E-state index in [1.807, 2.05) is 24.7 Å². The van der Waals surface area contributed by atoms with Gasteiger partial charge >= 0.3 is 6.03 Å². The number of pyridine rings is 2. The normalized spacial score (nSPS) is 13.6. The minimum Gasteiger partial charge on any atom is -0.474 e. The third-order valence-electron chi connectivity index (χ3n) is 4.94. The summed E-state index contributed by atoms with van der Waals surface area (Å²) in [4.78, 5) is 22.9. The zero-order valence-corrected chi connectivity index (χ0v) is 18.0. The third kappa shape index (κ3) is 4.70. The number of halogens is 1. The summed E-state index contributed by atoms with van der Waals surface area (Å²) in [6.45, 7) is 6.57. The first-order valence-electron chi connectivity index (χ1n) is 10.3. The maximum absolute atomic E-state index is 13.1. The molecule has 32 heavy (non-hydrogen) atoms. The Morgan fingerprint density at radius 2 is 1.97 bits per heavy atom. The molecule has 0 radical (unpaired) electrons. The monoisotopic (exact) mass is 434 g/mol. The number of anilines is 1. The van der Waals surface area contributed by atoms with E-state index in [-0.39, 0.29) is 12.1 Å². The minimum atomic E-state index is -0.425. The molecule has 1 atom stereocenters. The molecule has 0 unspecified atom stereocenters. The molecular weight excluding hydrogens is 411 g/mol. The molecule has 164 valence electrons. The Morgan fingerprint density at radius 3 is 2.69 bits per heavy atom. The van der Waals surface area contributed by atoms with Gasteiger partial charge in [-0.1, -0.05) is 11.8 Å². The quantitative estimate of drug-likeness (QED) is 0.638. The van der Waals surface area contributed by atoms with Crippen molar-refractivity contribution in [2.24, 2.45) is 0 Å². The topological polar surface area (TPSA) is 85.2 Å². The molecule has 3 aromatic heterocycles. The number of aromatic nitrogens is 4. The lowest BCUT2D eigenvalue weighted by molar-refractivity contribution is 0.235. The fourth-order valence-corrected chi connectivity index (χ4v) is 3.19. The maximum atomic E-state index is 13.1. The van der Waals surface area contributed by atoms with Gasteiger partial charge in [-0.2, -0.15) is 5.10 Å². The van der Waals surface area contributed by atoms with E-state index in [0.29, 0.717) is 36.0 Å². The van der Waals surface area contributed by atoms with Crippen molar-refractivity contribution in [3.05, 3.63) is 65.6 Å². The van der Waals surface area contributed by atoms with Crippen LogP contribution in [0.4, 0.5) is 14.9 Å². The van der Waals surface area contributed by atoms with Crippen LogP contribution in [0, 0.1) is 17.7 Å². The SMILES string of the molecule is CC(C)n1cc(C#Cc2cnc3c(c2)N(C(=O)N[C@@H](C)c2ccc(F)cn2)CCO3)cn1. The highest BCUT2D eigenvalue weighted by Crippen LogP contribution is 2.30. The van der Waals surface area contributed by atoms with E-state index in [2.05, 4.69) is 32.2 Å². The van der Waals surface area contributed by atoms with Crippen LogP contribution in [0.1, 0.15) is 49.7 Å². The molecule has 3 aromatic rings. The summed E-state index contributed by atoms with van der Waals surface area (Å²) in [7, 11) is 0. The standard InChI is InChI=1S/C23H23FN6O2/c1-15(2)30-14-18(12-27-30)5-4-17-10-21-22(26-11-17)32-9-8-29(21)23(31)28-16(3)20-7-6-19(24)13-25-20/h6-7,10-16H,8-9H2,1-3H3,(H,28,31)/t16-/m0/s1. The van der Waals surface area contributed by atoms with Crippen molar-refractivity contribution in [1.29, 1.82) is 0 Å². The molecule has 2 amide bonds. The first-order chi connectivity index (χ1) is 15.4. The third-order valence-corrected chi connectivity index (χ3v) is 4.94. The minimum absolute atomic E-state index is 0.257. The highest BCUT2D eigenvalue weighted by molar-refractivity contribution is 5.94. The van der Waals surface area contributed by atoms with Crippen molar-refractivity contribution in [2.75, 3.05) is 18.1 Å². The van der Waals surface area contributed by atoms with Crippen molar-refractivity contribution >= 4 is 11.7 Å². The van der Waals surface area contributed by atoms with Crippen LogP contribution in [0.5, 0.6) is 5.88 Å². The van der Waals surface area contributed by atoms with Crippen molar-refractivity contribution in [2.45, 2.75) is 32.9 Å². The molecule has 1 N–H and O–H groups in total. The van der Waals surface area contributed by atoms with Gasteiger partial charge in [0.25, 0.3) is 0 Å². The van der Waals surface area contributed by atoms with Crippen molar-refractivity contribution in [1.82, 2.24) is 25.1 Å². The molecule has 8 nitrogen and oxygen atoms in total. The van der Waals surface area contributed by atoms with E-state index in [1.165, 1.54) is 6.07 Å². The summed E-state index contributed by atoms with van der Waals surface area (Å²) in [5.41, 5.74) is 2.55. The van der Waals surface area contributed by atoms with E-state index in [0.717, 1.165) is 11.8 Å². The molecule has 0 saturated carbocycles. The van der Waals surface area contributed by atoms with E-state index in [4.69, 9.17) is 4.74 Å². The lowest BCUT2D eigenvalue weighted by Gasteiger charge is -2.29. The second-order valence-electron chi connectivity index (χ2n) is 7.67. The number of hydrogen-bond acceptors (Lipinski definition) is 5. The summed E-state index contributed by atoms with van der Waals surface area (Å²) < 4.78 is 20.6. The second kappa shape index (κ2) is 9.06. The maximum Gasteiger partial charge on any atom is 0.322 e. The van der Waals surface area contributed by atoms with E-state index in [1.54, 1.807) is 36.4 Å². The van der Waals surface area contributed by atoms with Gasteiger partial charge in [0.05, 0.1) is 36.2 Å². The molecule has 0 fully saturated rings. The Hall–Kier alpha value is -3.93. The van der Waals surface area contributed by atoms with Crippen molar-refractivity contribution in [3.63, 3.8) is 0 Å². The highest BCUT2D eigenvalue weighted by Gasteiger charge is 2.26. The Labute approximate surface area is 185 Å². The summed E-state index contributed by atoms with van der Waals surface area (Å²) in [6.07, 6.45) is 6.34. The van der Waals surface area contributed by atoms with E-state index >= 15 is 0 Å². The number of carbonyl (C=O) groups excluding carboxylic acids is 1. The molecule has 0 aromatic carbocycles. The van der Waals surface area contributed by atoms with Gasteiger partial charge in [0, 0.05) is 24.0 Å². The van der Waals surface area contributed by atoms with Crippen LogP contribution in [-0.2, 0) is 0 Å². The van der Waals surface area contributed by atoms with E-state index < -0.39 is 11.9 Å². The summed E-state index contributed by atoms with van der Waals surface area (Å²) in [5, 5.41) is 7.17. The lowest BCUT2D eigenvalue weighted by Crippen LogP contribution is -2.45. The number of fused-ring (bicyclic) bond motifs is 1. The summed E-state index contributed by atoms with van der Waals surface area (Å²) in [6, 6.07) is 4.18. The smallest absolute Gasteiger partial charge is 0.322 e. The largest absolute Gasteiger partial charge is 0.474 e. The van der Waals surface area contributed by atoms with Crippen LogP contribution < -0.4 is 15.0 Å². The van der Waals surface area contributed by atoms with Crippen LogP contribution in [0.25, 0.3) is 0 Å². The number of amides is 2. The molecule has 0 saturated heterocycles. The summed E-state index contributed by atoms with van der Waals surface area (Å²) in [5.74, 6) is 6.09. The molecule has 1 aliphatic heterocycles. The molecule has 0 bridgehead atoms. The summed E-state index contributed by atoms with van der Waals surface area (Å²) >= 11 is 0. The predicted octanol–water partition coefficient (Wildman–Crippen LogP) is 3.46. The molecule has 4 heterocycles. The van der Waals surface area contributed by atoms with Crippen LogP contribution in [0.15, 0.2) is 43.0 Å². The molecule has 4 rings (SSSR count). The fourth-order valence-electron chi connectivity index (χ4n) is 3.19. The zero-order valence-electron chi connectivity index (χ0n) is 18.0. The first-order valence-corrected chi connectivity index (χ1v) is 10.3. The van der Waals surface area contributed by atoms with Gasteiger partial charge in [-0.25, -0.2) is 14.2 Å². The van der Waals surface area contributed by atoms with Crippen LogP contribution >= 0.6 is 0 Å². The Kier molecular flexibility index (Phi) is 6.03. The van der Waals surface area contributed by atoms with Gasteiger partial charge in [-0.15, -0.1) is 0 Å². The Balaban J connectivity index is 1.52. The molecule has 9 heteroatoms. The van der Waals surface area contributed by atoms with Crippen LogP contribution in [0.2, 0.25) is 0 Å². The molecule has 1 aliphatic rings. The number of nitrogens with zero attached hydrogens (tertiary/aromatic N) is 5. The molecular formula is C23H23FN6O2. The van der Waals surface area contributed by atoms with Crippen LogP contribution in [-0.4, -0.2) is 38.9 Å². The molecule has 0 aliphatic carbocycles. The predicted molar refractivity (Wildman–Crippen MR) is 117 cm³/mol. The number of hydrogen-bond donors (Lipinski definition) is 1. The number of rotatable bonds is 3. The zero-order chi connectivity index (χ0) is 22.7. The number of carbonyl (C=O) groups is 1. The van der Waals surface area contributed by atoms with Gasteiger partial charge in [0.1, 0.15) is 18.1 Å². The fraction of sp³-hybridized carbons (Fsp3) is 0.304. The second-order valence-corrected chi connectivity index (χ2v) is 7.67.